The molecule has 0 saturated carbocycles. The number of aliphatic hydroxyl groups is 1. The van der Waals surface area contributed by atoms with E-state index in [0.717, 1.165) is 0 Å². The highest BCUT2D eigenvalue weighted by molar-refractivity contribution is 5.85. The van der Waals surface area contributed by atoms with E-state index in [1.807, 2.05) is 6.92 Å². The zero-order valence-corrected chi connectivity index (χ0v) is 11.3. The molecule has 1 unspecified atom stereocenters. The second-order valence-corrected chi connectivity index (χ2v) is 4.47. The van der Waals surface area contributed by atoms with Crippen LogP contribution in [0.3, 0.4) is 0 Å². The molecule has 2 heterocycles. The van der Waals surface area contributed by atoms with E-state index in [9.17, 15) is 4.79 Å². The first-order valence-electron chi connectivity index (χ1n) is 6.08. The monoisotopic (exact) mass is 280 g/mol. The molecule has 2 aliphatic rings. The Labute approximate surface area is 113 Å². The van der Waals surface area contributed by atoms with E-state index >= 15 is 0 Å². The molecule has 1 amide bonds. The number of ether oxygens (including phenoxy) is 2. The number of halogens is 1. The zero-order chi connectivity index (χ0) is 12.3. The molecular weight excluding hydrogens is 260 g/mol. The molecule has 3 atom stereocenters. The van der Waals surface area contributed by atoms with Crippen molar-refractivity contribution in [1.29, 1.82) is 0 Å². The summed E-state index contributed by atoms with van der Waals surface area (Å²) in [5, 5.41) is 12.2. The fraction of sp³-hybridized carbons (Fsp3) is 0.909. The summed E-state index contributed by atoms with van der Waals surface area (Å²) < 4.78 is 10.8. The molecule has 2 saturated heterocycles. The summed E-state index contributed by atoms with van der Waals surface area (Å²) >= 11 is 0. The summed E-state index contributed by atoms with van der Waals surface area (Å²) in [7, 11) is 0. The van der Waals surface area contributed by atoms with Crippen LogP contribution in [0.1, 0.15) is 6.92 Å². The molecule has 0 bridgehead atoms. The highest BCUT2D eigenvalue weighted by Crippen LogP contribution is 2.11. The highest BCUT2D eigenvalue weighted by atomic mass is 35.5. The van der Waals surface area contributed by atoms with Crippen molar-refractivity contribution in [2.45, 2.75) is 25.2 Å². The first-order valence-corrected chi connectivity index (χ1v) is 6.08. The van der Waals surface area contributed by atoms with Gasteiger partial charge in [-0.2, -0.15) is 0 Å². The number of nitrogens with zero attached hydrogens (tertiary/aromatic N) is 1. The molecule has 0 radical (unpaired) electrons. The van der Waals surface area contributed by atoms with E-state index in [1.165, 1.54) is 0 Å². The molecule has 2 aliphatic heterocycles. The van der Waals surface area contributed by atoms with E-state index in [4.69, 9.17) is 14.6 Å². The van der Waals surface area contributed by atoms with Gasteiger partial charge < -0.3 is 24.8 Å². The van der Waals surface area contributed by atoms with Gasteiger partial charge in [0.05, 0.1) is 32.0 Å². The first-order chi connectivity index (χ1) is 8.22. The number of carbonyl (C=O) groups excluding carboxylic acids is 1. The number of aliphatic hydroxyl groups excluding tert-OH is 1. The molecule has 0 aromatic carbocycles. The molecule has 2 fully saturated rings. The fourth-order valence-corrected chi connectivity index (χ4v) is 2.24. The van der Waals surface area contributed by atoms with E-state index < -0.39 is 0 Å². The van der Waals surface area contributed by atoms with Crippen LogP contribution in [-0.2, 0) is 14.3 Å². The molecule has 0 spiro atoms. The topological polar surface area (TPSA) is 71.0 Å². The molecule has 2 N–H and O–H groups in total. The van der Waals surface area contributed by atoms with Crippen molar-refractivity contribution in [3.05, 3.63) is 0 Å². The highest BCUT2D eigenvalue weighted by Gasteiger charge is 2.34. The lowest BCUT2D eigenvalue weighted by Gasteiger charge is -2.37. The smallest absolute Gasteiger partial charge is 0.242 e. The molecule has 0 aliphatic carbocycles. The van der Waals surface area contributed by atoms with Gasteiger partial charge in [-0.15, -0.1) is 12.4 Å². The average Bonchev–Trinajstić information content (AvgIpc) is 2.38. The Kier molecular flexibility index (Phi) is 6.31. The third kappa shape index (κ3) is 3.55. The minimum Gasteiger partial charge on any atom is -0.394 e. The largest absolute Gasteiger partial charge is 0.394 e. The van der Waals surface area contributed by atoms with Crippen LogP contribution in [0.4, 0.5) is 0 Å². The van der Waals surface area contributed by atoms with Gasteiger partial charge in [0.25, 0.3) is 0 Å². The number of hydrogen-bond acceptors (Lipinski definition) is 5. The summed E-state index contributed by atoms with van der Waals surface area (Å²) in [5.41, 5.74) is 0. The molecule has 6 nitrogen and oxygen atoms in total. The van der Waals surface area contributed by atoms with E-state index in [0.29, 0.717) is 32.8 Å². The maximum absolute atomic E-state index is 12.3. The summed E-state index contributed by atoms with van der Waals surface area (Å²) in [6.45, 7) is 4.73. The Balaban J connectivity index is 0.00000162. The fourth-order valence-electron chi connectivity index (χ4n) is 2.24. The van der Waals surface area contributed by atoms with Gasteiger partial charge in [0, 0.05) is 19.6 Å². The van der Waals surface area contributed by atoms with Crippen LogP contribution in [0.25, 0.3) is 0 Å². The lowest BCUT2D eigenvalue weighted by molar-refractivity contribution is -0.148. The first kappa shape index (κ1) is 15.7. The SMILES string of the molecule is C[C@H]1OCCN[C@@H]1C(=O)N1CCOC(CO)C1.Cl. The van der Waals surface area contributed by atoms with E-state index in [1.54, 1.807) is 4.90 Å². The average molecular weight is 281 g/mol. The van der Waals surface area contributed by atoms with Crippen LogP contribution >= 0.6 is 12.4 Å². The van der Waals surface area contributed by atoms with Crippen molar-refractivity contribution in [3.8, 4) is 0 Å². The Morgan fingerprint density at radius 1 is 1.44 bits per heavy atom. The summed E-state index contributed by atoms with van der Waals surface area (Å²) in [5.74, 6) is 0.0407. The van der Waals surface area contributed by atoms with Crippen LogP contribution in [-0.4, -0.2) is 73.6 Å². The number of morpholine rings is 2. The maximum Gasteiger partial charge on any atom is 0.242 e. The number of amides is 1. The van der Waals surface area contributed by atoms with Gasteiger partial charge in [-0.3, -0.25) is 4.79 Å². The molecule has 106 valence electrons. The van der Waals surface area contributed by atoms with E-state index in [-0.39, 0.29) is 43.2 Å². The van der Waals surface area contributed by atoms with Crippen LogP contribution in [0.5, 0.6) is 0 Å². The summed E-state index contributed by atoms with van der Waals surface area (Å²) in [6.07, 6.45) is -0.362. The minimum atomic E-state index is -0.277. The van der Waals surface area contributed by atoms with Crippen LogP contribution in [0.15, 0.2) is 0 Å². The quantitative estimate of drug-likeness (QED) is 0.679. The van der Waals surface area contributed by atoms with Crippen molar-refractivity contribution in [2.24, 2.45) is 0 Å². The Bertz CT molecular complexity index is 280. The van der Waals surface area contributed by atoms with Crippen molar-refractivity contribution < 1.29 is 19.4 Å². The van der Waals surface area contributed by atoms with Gasteiger partial charge in [0.2, 0.25) is 5.91 Å². The Morgan fingerprint density at radius 2 is 2.22 bits per heavy atom. The summed E-state index contributed by atoms with van der Waals surface area (Å²) in [4.78, 5) is 14.0. The van der Waals surface area contributed by atoms with Crippen molar-refractivity contribution in [3.63, 3.8) is 0 Å². The number of nitrogens with one attached hydrogen (secondary N) is 1. The van der Waals surface area contributed by atoms with Gasteiger partial charge in [0.15, 0.2) is 0 Å². The number of hydrogen-bond donors (Lipinski definition) is 2. The molecule has 18 heavy (non-hydrogen) atoms. The second kappa shape index (κ2) is 7.25. The summed E-state index contributed by atoms with van der Waals surface area (Å²) in [6, 6.07) is -0.277. The molecule has 0 aromatic heterocycles. The van der Waals surface area contributed by atoms with Crippen LogP contribution < -0.4 is 5.32 Å². The normalized spacial score (nSPS) is 32.8. The van der Waals surface area contributed by atoms with Crippen LogP contribution in [0, 0.1) is 0 Å². The second-order valence-electron chi connectivity index (χ2n) is 4.47. The van der Waals surface area contributed by atoms with Crippen molar-refractivity contribution >= 4 is 18.3 Å². The molecular formula is C11H21ClN2O4. The Hall–Kier alpha value is -0.400. The van der Waals surface area contributed by atoms with E-state index in [2.05, 4.69) is 5.32 Å². The number of rotatable bonds is 2. The predicted molar refractivity (Wildman–Crippen MR) is 67.9 cm³/mol. The lowest BCUT2D eigenvalue weighted by Crippen LogP contribution is -2.59. The van der Waals surface area contributed by atoms with Gasteiger partial charge in [-0.1, -0.05) is 0 Å². The molecule has 2 rings (SSSR count). The third-order valence-corrected chi connectivity index (χ3v) is 3.24. The Morgan fingerprint density at radius 3 is 2.89 bits per heavy atom. The van der Waals surface area contributed by atoms with Crippen molar-refractivity contribution in [2.75, 3.05) is 39.5 Å². The van der Waals surface area contributed by atoms with Crippen LogP contribution in [0.2, 0.25) is 0 Å². The molecule has 7 heteroatoms. The molecule has 0 aromatic rings. The predicted octanol–water partition coefficient (Wildman–Crippen LogP) is -0.995. The van der Waals surface area contributed by atoms with Gasteiger partial charge in [-0.05, 0) is 6.92 Å². The van der Waals surface area contributed by atoms with Gasteiger partial charge >= 0.3 is 0 Å². The van der Waals surface area contributed by atoms with Crippen molar-refractivity contribution in [1.82, 2.24) is 10.2 Å². The van der Waals surface area contributed by atoms with Gasteiger partial charge in [-0.25, -0.2) is 0 Å². The zero-order valence-electron chi connectivity index (χ0n) is 10.5. The maximum atomic E-state index is 12.3. The minimum absolute atomic E-state index is 0. The standard InChI is InChI=1S/C11H20N2O4.ClH/c1-8-10(12-2-4-16-8)11(15)13-3-5-17-9(6-13)7-14;/h8-10,12,14H,2-7H2,1H3;1H/t8-,9?,10+;/m1./s1. The number of carbonyl (C=O) groups is 1. The lowest BCUT2D eigenvalue weighted by atomic mass is 10.1. The third-order valence-electron chi connectivity index (χ3n) is 3.24. The van der Waals surface area contributed by atoms with Gasteiger partial charge in [0.1, 0.15) is 6.04 Å².